The maximum atomic E-state index is 11.9. The summed E-state index contributed by atoms with van der Waals surface area (Å²) in [4.78, 5) is 0. The van der Waals surface area contributed by atoms with Crippen molar-refractivity contribution < 1.29 is 44.6 Å². The van der Waals surface area contributed by atoms with Gasteiger partial charge < -0.3 is 10.4 Å². The molecular formula is C6H6F9InNO. The van der Waals surface area contributed by atoms with Gasteiger partial charge in [0.1, 0.15) is 0 Å². The summed E-state index contributed by atoms with van der Waals surface area (Å²) in [7, 11) is 0. The Kier molecular flexibility index (Phi) is 6.91. The van der Waals surface area contributed by atoms with Gasteiger partial charge in [-0.15, -0.1) is 0 Å². The van der Waals surface area contributed by atoms with Crippen molar-refractivity contribution in [1.29, 1.82) is 0 Å². The van der Waals surface area contributed by atoms with E-state index in [4.69, 9.17) is 5.11 Å². The average molecular weight is 394 g/mol. The molecule has 18 heavy (non-hydrogen) atoms. The second-order valence-electron chi connectivity index (χ2n) is 3.07. The van der Waals surface area contributed by atoms with Gasteiger partial charge in [-0.1, -0.05) is 0 Å². The maximum Gasteiger partial charge on any atom is 0.427 e. The van der Waals surface area contributed by atoms with Crippen LogP contribution in [0.5, 0.6) is 0 Å². The molecule has 0 fully saturated rings. The van der Waals surface area contributed by atoms with Crippen LogP contribution < -0.4 is 5.32 Å². The van der Waals surface area contributed by atoms with Crippen LogP contribution in [-0.4, -0.2) is 68.2 Å². The number of hydrogen-bond donors (Lipinski definition) is 2. The van der Waals surface area contributed by atoms with E-state index in [2.05, 4.69) is 0 Å². The number of aliphatic hydroxyl groups is 1. The smallest absolute Gasteiger partial charge is 0.373 e. The van der Waals surface area contributed by atoms with Crippen LogP contribution in [0.1, 0.15) is 0 Å². The first-order chi connectivity index (χ1) is 7.21. The van der Waals surface area contributed by atoms with Gasteiger partial charge in [0.25, 0.3) is 5.60 Å². The summed E-state index contributed by atoms with van der Waals surface area (Å²) in [5.74, 6) is 0. The van der Waals surface area contributed by atoms with Gasteiger partial charge in [0.2, 0.25) is 0 Å². The van der Waals surface area contributed by atoms with Gasteiger partial charge in [0.05, 0.1) is 6.54 Å². The summed E-state index contributed by atoms with van der Waals surface area (Å²) < 4.78 is 106. The Balaban J connectivity index is 0. The number of hydrogen-bond acceptors (Lipinski definition) is 2. The molecule has 0 atom stereocenters. The average Bonchev–Trinajstić information content (AvgIpc) is 1.96. The van der Waals surface area contributed by atoms with E-state index < -0.39 is 37.2 Å². The molecule has 0 aliphatic rings. The summed E-state index contributed by atoms with van der Waals surface area (Å²) in [6, 6.07) is 0. The van der Waals surface area contributed by atoms with Crippen LogP contribution in [0, 0.1) is 0 Å². The minimum Gasteiger partial charge on any atom is -0.373 e. The van der Waals surface area contributed by atoms with Crippen molar-refractivity contribution in [2.45, 2.75) is 24.1 Å². The third kappa shape index (κ3) is 5.43. The van der Waals surface area contributed by atoms with Gasteiger partial charge in [0.15, 0.2) is 0 Å². The molecule has 0 rings (SSSR count). The minimum absolute atomic E-state index is 0. The molecule has 0 saturated carbocycles. The molecule has 0 amide bonds. The van der Waals surface area contributed by atoms with Gasteiger partial charge in [-0.25, -0.2) is 0 Å². The molecule has 2 nitrogen and oxygen atoms in total. The van der Waals surface area contributed by atoms with E-state index in [0.29, 0.717) is 0 Å². The summed E-state index contributed by atoms with van der Waals surface area (Å²) >= 11 is 0. The molecule has 0 unspecified atom stereocenters. The number of alkyl halides is 9. The Hall–Kier alpha value is 0.160. The van der Waals surface area contributed by atoms with Gasteiger partial charge in [-0.2, -0.15) is 39.5 Å². The number of nitrogens with one attached hydrogen (secondary N) is 1. The number of halogens is 9. The van der Waals surface area contributed by atoms with Crippen molar-refractivity contribution in [1.82, 2.24) is 5.32 Å². The Morgan fingerprint density at radius 3 is 1.28 bits per heavy atom. The van der Waals surface area contributed by atoms with Crippen molar-refractivity contribution >= 4 is 25.8 Å². The van der Waals surface area contributed by atoms with Crippen LogP contribution in [0.15, 0.2) is 0 Å². The molecule has 0 bridgehead atoms. The molecule has 12 heteroatoms. The second kappa shape index (κ2) is 6.08. The molecule has 0 aliphatic heterocycles. The standard InChI is InChI=1S/C6H6F9NO.In/c7-4(8,9)2-16-1-3(17,5(10,11)12)6(13,14)15;/h16-17H,1-2H2;. The molecule has 2 N–H and O–H groups in total. The monoisotopic (exact) mass is 394 g/mol. The fraction of sp³-hybridized carbons (Fsp3) is 1.00. The first kappa shape index (κ1) is 20.5. The molecule has 0 heterocycles. The second-order valence-corrected chi connectivity index (χ2v) is 3.07. The van der Waals surface area contributed by atoms with Crippen molar-refractivity contribution in [3.63, 3.8) is 0 Å². The van der Waals surface area contributed by atoms with Gasteiger partial charge in [-0.05, 0) is 0 Å². The predicted molar refractivity (Wildman–Crippen MR) is 41.7 cm³/mol. The van der Waals surface area contributed by atoms with E-state index >= 15 is 0 Å². The fourth-order valence-corrected chi connectivity index (χ4v) is 0.746. The summed E-state index contributed by atoms with van der Waals surface area (Å²) in [6.45, 7) is -4.42. The maximum absolute atomic E-state index is 11.9. The molecule has 0 saturated heterocycles. The Morgan fingerprint density at radius 1 is 0.722 bits per heavy atom. The zero-order valence-corrected chi connectivity index (χ0v) is 11.6. The Bertz CT molecular complexity index is 243. The SMILES string of the molecule is OC(CNCC(F)(F)F)(C(F)(F)F)C(F)(F)F.[In]. The van der Waals surface area contributed by atoms with Crippen molar-refractivity contribution in [2.24, 2.45) is 0 Å². The van der Waals surface area contributed by atoms with E-state index in [1.54, 1.807) is 0 Å². The molecule has 0 aliphatic carbocycles. The predicted octanol–water partition coefficient (Wildman–Crippen LogP) is 1.61. The van der Waals surface area contributed by atoms with Gasteiger partial charge >= 0.3 is 18.5 Å². The van der Waals surface area contributed by atoms with Crippen LogP contribution in [0.4, 0.5) is 39.5 Å². The van der Waals surface area contributed by atoms with E-state index in [-0.39, 0.29) is 25.8 Å². The zero-order chi connectivity index (χ0) is 14.1. The molecular weight excluding hydrogens is 388 g/mol. The number of rotatable bonds is 3. The van der Waals surface area contributed by atoms with Crippen LogP contribution in [0.2, 0.25) is 0 Å². The largest absolute Gasteiger partial charge is 0.427 e. The van der Waals surface area contributed by atoms with E-state index in [1.807, 2.05) is 0 Å². The fourth-order valence-electron chi connectivity index (χ4n) is 0.746. The van der Waals surface area contributed by atoms with Crippen molar-refractivity contribution in [3.8, 4) is 0 Å². The quantitative estimate of drug-likeness (QED) is 0.714. The molecule has 0 aromatic carbocycles. The van der Waals surface area contributed by atoms with Gasteiger partial charge in [0, 0.05) is 32.4 Å². The van der Waals surface area contributed by atoms with Crippen molar-refractivity contribution in [3.05, 3.63) is 0 Å². The third-order valence-electron chi connectivity index (χ3n) is 1.64. The third-order valence-corrected chi connectivity index (χ3v) is 1.64. The van der Waals surface area contributed by atoms with E-state index in [0.717, 1.165) is 5.32 Å². The Labute approximate surface area is 113 Å². The molecule has 107 valence electrons. The normalized spacial score (nSPS) is 14.3. The van der Waals surface area contributed by atoms with Crippen LogP contribution in [0.3, 0.4) is 0 Å². The zero-order valence-electron chi connectivity index (χ0n) is 8.34. The molecule has 3 radical (unpaired) electrons. The molecule has 0 aromatic heterocycles. The van der Waals surface area contributed by atoms with E-state index in [1.165, 1.54) is 0 Å². The molecule has 0 aromatic rings. The summed E-state index contributed by atoms with van der Waals surface area (Å²) in [6.07, 6.45) is -17.3. The summed E-state index contributed by atoms with van der Waals surface area (Å²) in [5, 5.41) is 9.27. The van der Waals surface area contributed by atoms with Crippen LogP contribution in [0.25, 0.3) is 0 Å². The first-order valence-corrected chi connectivity index (χ1v) is 3.84. The minimum atomic E-state index is -6.14. The Morgan fingerprint density at radius 2 is 1.06 bits per heavy atom. The topological polar surface area (TPSA) is 32.3 Å². The first-order valence-electron chi connectivity index (χ1n) is 3.84. The van der Waals surface area contributed by atoms with Crippen LogP contribution in [-0.2, 0) is 0 Å². The van der Waals surface area contributed by atoms with E-state index in [9.17, 15) is 39.5 Å². The molecule has 0 spiro atoms. The van der Waals surface area contributed by atoms with Gasteiger partial charge in [-0.3, -0.25) is 0 Å². The van der Waals surface area contributed by atoms with Crippen molar-refractivity contribution in [2.75, 3.05) is 13.1 Å². The summed E-state index contributed by atoms with van der Waals surface area (Å²) in [5.41, 5.74) is -5.22. The van der Waals surface area contributed by atoms with Crippen LogP contribution >= 0.6 is 0 Å².